The van der Waals surface area contributed by atoms with Crippen LogP contribution in [0, 0.1) is 11.3 Å². The lowest BCUT2D eigenvalue weighted by atomic mass is 10.1. The van der Waals surface area contributed by atoms with Crippen LogP contribution >= 0.6 is 0 Å². The summed E-state index contributed by atoms with van der Waals surface area (Å²) in [7, 11) is 0. The molecule has 6 heteroatoms. The van der Waals surface area contributed by atoms with Gasteiger partial charge in [0, 0.05) is 0 Å². The van der Waals surface area contributed by atoms with Crippen molar-refractivity contribution in [3.8, 4) is 5.75 Å². The maximum atomic E-state index is 12.6. The first-order valence-corrected chi connectivity index (χ1v) is 6.56. The average molecular weight is 286 g/mol. The van der Waals surface area contributed by atoms with Crippen LogP contribution in [0.1, 0.15) is 36.8 Å². The Labute approximate surface area is 115 Å². The Kier molecular flexibility index (Phi) is 4.20. The molecule has 1 aromatic rings. The van der Waals surface area contributed by atoms with Crippen molar-refractivity contribution < 1.29 is 17.9 Å². The standard InChI is InChI=1S/C14H17F3N2O/c15-14(16,17)10-5-6-12(11(7-10)13(18)19)20-8-9-3-1-2-4-9/h5-7,9H,1-4,8H2,(H3,18,19). The summed E-state index contributed by atoms with van der Waals surface area (Å²) in [5.41, 5.74) is 4.52. The maximum absolute atomic E-state index is 12.6. The second-order valence-electron chi connectivity index (χ2n) is 5.08. The number of nitrogens with one attached hydrogen (secondary N) is 1. The quantitative estimate of drug-likeness (QED) is 0.656. The second kappa shape index (κ2) is 5.73. The van der Waals surface area contributed by atoms with E-state index < -0.39 is 17.6 Å². The number of amidine groups is 1. The van der Waals surface area contributed by atoms with E-state index in [0.717, 1.165) is 25.0 Å². The molecule has 20 heavy (non-hydrogen) atoms. The van der Waals surface area contributed by atoms with E-state index in [1.165, 1.54) is 18.9 Å². The topological polar surface area (TPSA) is 59.1 Å². The first-order chi connectivity index (χ1) is 9.38. The van der Waals surface area contributed by atoms with Gasteiger partial charge >= 0.3 is 6.18 Å². The van der Waals surface area contributed by atoms with E-state index in [4.69, 9.17) is 15.9 Å². The van der Waals surface area contributed by atoms with Gasteiger partial charge in [0.2, 0.25) is 0 Å². The zero-order valence-electron chi connectivity index (χ0n) is 11.0. The molecule has 110 valence electrons. The number of nitrogens with two attached hydrogens (primary N) is 1. The van der Waals surface area contributed by atoms with E-state index in [-0.39, 0.29) is 11.3 Å². The van der Waals surface area contributed by atoms with Crippen LogP contribution in [0.25, 0.3) is 0 Å². The van der Waals surface area contributed by atoms with Gasteiger partial charge in [0.15, 0.2) is 0 Å². The smallest absolute Gasteiger partial charge is 0.416 e. The number of ether oxygens (including phenoxy) is 1. The number of nitrogen functional groups attached to an aromatic ring is 1. The third-order valence-corrected chi connectivity index (χ3v) is 3.55. The van der Waals surface area contributed by atoms with E-state index in [0.29, 0.717) is 12.5 Å². The molecule has 1 saturated carbocycles. The summed E-state index contributed by atoms with van der Waals surface area (Å²) < 4.78 is 43.5. The van der Waals surface area contributed by atoms with Gasteiger partial charge < -0.3 is 10.5 Å². The van der Waals surface area contributed by atoms with Crippen LogP contribution < -0.4 is 10.5 Å². The van der Waals surface area contributed by atoms with Crippen molar-refractivity contribution in [2.75, 3.05) is 6.61 Å². The van der Waals surface area contributed by atoms with E-state index in [1.807, 2.05) is 0 Å². The molecule has 0 amide bonds. The molecule has 0 saturated heterocycles. The zero-order valence-corrected chi connectivity index (χ0v) is 11.0. The molecule has 0 atom stereocenters. The number of hydrogen-bond acceptors (Lipinski definition) is 2. The Morgan fingerprint density at radius 2 is 1.95 bits per heavy atom. The molecule has 1 aliphatic rings. The molecular formula is C14H17F3N2O. The van der Waals surface area contributed by atoms with Gasteiger partial charge in [0.25, 0.3) is 0 Å². The minimum absolute atomic E-state index is 0.00202. The fourth-order valence-corrected chi connectivity index (χ4v) is 2.43. The number of benzene rings is 1. The number of alkyl halides is 3. The molecule has 1 fully saturated rings. The van der Waals surface area contributed by atoms with Crippen LogP contribution in [-0.2, 0) is 6.18 Å². The molecule has 0 heterocycles. The predicted molar refractivity (Wildman–Crippen MR) is 69.9 cm³/mol. The summed E-state index contributed by atoms with van der Waals surface area (Å²) in [5, 5.41) is 7.40. The van der Waals surface area contributed by atoms with Crippen molar-refractivity contribution >= 4 is 5.84 Å². The Balaban J connectivity index is 2.17. The van der Waals surface area contributed by atoms with Gasteiger partial charge in [-0.05, 0) is 37.0 Å². The summed E-state index contributed by atoms with van der Waals surface area (Å²) in [4.78, 5) is 0. The van der Waals surface area contributed by atoms with Gasteiger partial charge in [-0.2, -0.15) is 13.2 Å². The predicted octanol–water partition coefficient (Wildman–Crippen LogP) is 3.56. The lowest BCUT2D eigenvalue weighted by Crippen LogP contribution is -2.17. The second-order valence-corrected chi connectivity index (χ2v) is 5.08. The highest BCUT2D eigenvalue weighted by atomic mass is 19.4. The molecule has 2 rings (SSSR count). The molecule has 0 radical (unpaired) electrons. The first kappa shape index (κ1) is 14.7. The van der Waals surface area contributed by atoms with Crippen LogP contribution in [0.2, 0.25) is 0 Å². The van der Waals surface area contributed by atoms with Gasteiger partial charge in [0.1, 0.15) is 11.6 Å². The normalized spacial score (nSPS) is 16.4. The van der Waals surface area contributed by atoms with Gasteiger partial charge in [0.05, 0.1) is 17.7 Å². The van der Waals surface area contributed by atoms with Crippen molar-refractivity contribution in [3.63, 3.8) is 0 Å². The first-order valence-electron chi connectivity index (χ1n) is 6.56. The van der Waals surface area contributed by atoms with Crippen LogP contribution in [-0.4, -0.2) is 12.4 Å². The van der Waals surface area contributed by atoms with E-state index in [1.54, 1.807) is 0 Å². The molecule has 0 unspecified atom stereocenters. The Morgan fingerprint density at radius 3 is 2.50 bits per heavy atom. The average Bonchev–Trinajstić information content (AvgIpc) is 2.88. The highest BCUT2D eigenvalue weighted by Gasteiger charge is 2.31. The lowest BCUT2D eigenvalue weighted by molar-refractivity contribution is -0.137. The number of hydrogen-bond donors (Lipinski definition) is 2. The van der Waals surface area contributed by atoms with E-state index in [9.17, 15) is 13.2 Å². The summed E-state index contributed by atoms with van der Waals surface area (Å²) in [6, 6.07) is 3.07. The van der Waals surface area contributed by atoms with Crippen molar-refractivity contribution in [1.82, 2.24) is 0 Å². The fourth-order valence-electron chi connectivity index (χ4n) is 2.43. The van der Waals surface area contributed by atoms with Gasteiger partial charge in [-0.25, -0.2) is 0 Å². The summed E-state index contributed by atoms with van der Waals surface area (Å²) in [6.45, 7) is 0.464. The highest BCUT2D eigenvalue weighted by Crippen LogP contribution is 2.33. The van der Waals surface area contributed by atoms with Crippen LogP contribution in [0.15, 0.2) is 18.2 Å². The Hall–Kier alpha value is -1.72. The molecule has 3 nitrogen and oxygen atoms in total. The van der Waals surface area contributed by atoms with E-state index >= 15 is 0 Å². The van der Waals surface area contributed by atoms with E-state index in [2.05, 4.69) is 0 Å². The van der Waals surface area contributed by atoms with Crippen molar-refractivity contribution in [2.45, 2.75) is 31.9 Å². The molecular weight excluding hydrogens is 269 g/mol. The Bertz CT molecular complexity index is 494. The SMILES string of the molecule is N=C(N)c1cc(C(F)(F)F)ccc1OCC1CCCC1. The molecule has 0 spiro atoms. The van der Waals surface area contributed by atoms with Crippen molar-refractivity contribution in [1.29, 1.82) is 5.41 Å². The largest absolute Gasteiger partial charge is 0.493 e. The zero-order chi connectivity index (χ0) is 14.8. The van der Waals surface area contributed by atoms with Gasteiger partial charge in [-0.1, -0.05) is 12.8 Å². The minimum Gasteiger partial charge on any atom is -0.493 e. The van der Waals surface area contributed by atoms with Crippen LogP contribution in [0.4, 0.5) is 13.2 Å². The molecule has 1 aliphatic carbocycles. The minimum atomic E-state index is -4.45. The maximum Gasteiger partial charge on any atom is 0.416 e. The van der Waals surface area contributed by atoms with Crippen molar-refractivity contribution in [2.24, 2.45) is 11.7 Å². The summed E-state index contributed by atoms with van der Waals surface area (Å²) in [5.74, 6) is 0.270. The highest BCUT2D eigenvalue weighted by molar-refractivity contribution is 5.97. The van der Waals surface area contributed by atoms with Crippen LogP contribution in [0.3, 0.4) is 0 Å². The van der Waals surface area contributed by atoms with Crippen molar-refractivity contribution in [3.05, 3.63) is 29.3 Å². The Morgan fingerprint density at radius 1 is 1.30 bits per heavy atom. The van der Waals surface area contributed by atoms with Crippen LogP contribution in [0.5, 0.6) is 5.75 Å². The number of halogens is 3. The molecule has 3 N–H and O–H groups in total. The third kappa shape index (κ3) is 3.43. The number of rotatable bonds is 4. The van der Waals surface area contributed by atoms with Gasteiger partial charge in [-0.15, -0.1) is 0 Å². The summed E-state index contributed by atoms with van der Waals surface area (Å²) in [6.07, 6.45) is 0.0431. The van der Waals surface area contributed by atoms with Gasteiger partial charge in [-0.3, -0.25) is 5.41 Å². The third-order valence-electron chi connectivity index (χ3n) is 3.55. The summed E-state index contributed by atoms with van der Waals surface area (Å²) >= 11 is 0. The monoisotopic (exact) mass is 286 g/mol. The molecule has 0 aliphatic heterocycles. The molecule has 0 bridgehead atoms. The molecule has 0 aromatic heterocycles. The molecule has 1 aromatic carbocycles. The lowest BCUT2D eigenvalue weighted by Gasteiger charge is -2.16. The fraction of sp³-hybridized carbons (Fsp3) is 0.500.